The summed E-state index contributed by atoms with van der Waals surface area (Å²) in [6.45, 7) is 0.612. The van der Waals surface area contributed by atoms with Crippen LogP contribution in [0, 0.1) is 5.92 Å². The molecule has 0 aromatic rings. The van der Waals surface area contributed by atoms with E-state index in [-0.39, 0.29) is 12.6 Å². The van der Waals surface area contributed by atoms with E-state index in [9.17, 15) is 9.59 Å². The van der Waals surface area contributed by atoms with E-state index in [0.717, 1.165) is 17.9 Å². The Morgan fingerprint density at radius 1 is 1.53 bits per heavy atom. The molecule has 1 fully saturated rings. The molecule has 2 atom stereocenters. The van der Waals surface area contributed by atoms with Gasteiger partial charge in [0.15, 0.2) is 6.10 Å². The van der Waals surface area contributed by atoms with Crippen LogP contribution in [0.4, 0.5) is 4.79 Å². The number of aliphatic carboxylic acids is 1. The van der Waals surface area contributed by atoms with E-state index in [4.69, 9.17) is 9.84 Å². The van der Waals surface area contributed by atoms with Crippen LogP contribution in [0.15, 0.2) is 0 Å². The van der Waals surface area contributed by atoms with Gasteiger partial charge < -0.3 is 20.5 Å². The minimum atomic E-state index is -1.08. The summed E-state index contributed by atoms with van der Waals surface area (Å²) in [5.41, 5.74) is 0. The third-order valence-electron chi connectivity index (χ3n) is 2.58. The van der Waals surface area contributed by atoms with Gasteiger partial charge in [-0.25, -0.2) is 9.59 Å². The van der Waals surface area contributed by atoms with E-state index in [1.165, 1.54) is 7.11 Å². The van der Waals surface area contributed by atoms with Crippen LogP contribution >= 0.6 is 11.8 Å². The average molecular weight is 262 g/mol. The molecule has 0 spiro atoms. The number of amides is 2. The Bertz CT molecular complexity index is 269. The molecule has 0 bridgehead atoms. The van der Waals surface area contributed by atoms with E-state index in [0.29, 0.717) is 12.5 Å². The summed E-state index contributed by atoms with van der Waals surface area (Å²) >= 11 is 1.89. The molecular formula is C10H18N2O4S. The Balaban J connectivity index is 2.13. The lowest BCUT2D eigenvalue weighted by atomic mass is 10.1. The van der Waals surface area contributed by atoms with Gasteiger partial charge in [-0.1, -0.05) is 0 Å². The summed E-state index contributed by atoms with van der Waals surface area (Å²) in [5.74, 6) is 1.68. The molecule has 3 N–H and O–H groups in total. The van der Waals surface area contributed by atoms with Crippen LogP contribution in [-0.4, -0.2) is 54.9 Å². The van der Waals surface area contributed by atoms with Crippen LogP contribution in [0.3, 0.4) is 0 Å². The van der Waals surface area contributed by atoms with Crippen molar-refractivity contribution in [2.45, 2.75) is 12.5 Å². The van der Waals surface area contributed by atoms with Crippen molar-refractivity contribution in [3.8, 4) is 0 Å². The molecule has 1 aliphatic rings. The molecular weight excluding hydrogens is 244 g/mol. The molecule has 0 radical (unpaired) electrons. The number of urea groups is 1. The lowest BCUT2D eigenvalue weighted by Gasteiger charge is -2.13. The Hall–Kier alpha value is -0.950. The number of methoxy groups -OCH3 is 1. The zero-order valence-electron chi connectivity index (χ0n) is 9.77. The van der Waals surface area contributed by atoms with Crippen LogP contribution in [0.1, 0.15) is 6.42 Å². The van der Waals surface area contributed by atoms with Crippen molar-refractivity contribution in [2.24, 2.45) is 5.92 Å². The van der Waals surface area contributed by atoms with Gasteiger partial charge in [-0.2, -0.15) is 11.8 Å². The molecule has 0 aromatic carbocycles. The Labute approximate surface area is 104 Å². The highest BCUT2D eigenvalue weighted by Gasteiger charge is 2.18. The minimum Gasteiger partial charge on any atom is -0.479 e. The Kier molecular flexibility index (Phi) is 6.13. The SMILES string of the molecule is COC(CNC(=O)NCC1CCSC1)C(=O)O. The fourth-order valence-electron chi connectivity index (χ4n) is 1.50. The Morgan fingerprint density at radius 2 is 2.29 bits per heavy atom. The number of carboxylic acid groups (broad SMARTS) is 1. The Morgan fingerprint density at radius 3 is 2.82 bits per heavy atom. The van der Waals surface area contributed by atoms with Crippen molar-refractivity contribution in [1.29, 1.82) is 0 Å². The number of hydrogen-bond donors (Lipinski definition) is 3. The van der Waals surface area contributed by atoms with Gasteiger partial charge in [-0.05, 0) is 23.8 Å². The van der Waals surface area contributed by atoms with Gasteiger partial charge in [0.05, 0.1) is 6.54 Å². The first-order valence-electron chi connectivity index (χ1n) is 5.48. The van der Waals surface area contributed by atoms with Gasteiger partial charge in [0, 0.05) is 13.7 Å². The second-order valence-corrected chi connectivity index (χ2v) is 5.03. The van der Waals surface area contributed by atoms with E-state index in [1.54, 1.807) is 0 Å². The number of carbonyl (C=O) groups is 2. The van der Waals surface area contributed by atoms with Gasteiger partial charge in [-0.3, -0.25) is 0 Å². The van der Waals surface area contributed by atoms with Gasteiger partial charge in [0.2, 0.25) is 0 Å². The maximum atomic E-state index is 11.4. The van der Waals surface area contributed by atoms with Crippen molar-refractivity contribution in [3.63, 3.8) is 0 Å². The number of ether oxygens (including phenoxy) is 1. The van der Waals surface area contributed by atoms with Crippen LogP contribution in [0.25, 0.3) is 0 Å². The third kappa shape index (κ3) is 5.27. The van der Waals surface area contributed by atoms with Crippen LogP contribution in [0.2, 0.25) is 0 Å². The quantitative estimate of drug-likeness (QED) is 0.633. The summed E-state index contributed by atoms with van der Waals surface area (Å²) < 4.78 is 4.69. The summed E-state index contributed by atoms with van der Waals surface area (Å²) in [6.07, 6.45) is 0.128. The van der Waals surface area contributed by atoms with Gasteiger partial charge in [0.25, 0.3) is 0 Å². The topological polar surface area (TPSA) is 87.7 Å². The van der Waals surface area contributed by atoms with E-state index >= 15 is 0 Å². The first-order chi connectivity index (χ1) is 8.13. The van der Waals surface area contributed by atoms with E-state index < -0.39 is 12.1 Å². The summed E-state index contributed by atoms with van der Waals surface area (Å²) in [5, 5.41) is 13.9. The smallest absolute Gasteiger partial charge is 0.334 e. The molecule has 1 aliphatic heterocycles. The predicted molar refractivity (Wildman–Crippen MR) is 65.3 cm³/mol. The van der Waals surface area contributed by atoms with Gasteiger partial charge in [0.1, 0.15) is 0 Å². The molecule has 7 heteroatoms. The number of carboxylic acids is 1. The molecule has 2 amide bonds. The molecule has 1 rings (SSSR count). The predicted octanol–water partition coefficient (Wildman–Crippen LogP) is 0.138. The first kappa shape index (κ1) is 14.1. The molecule has 0 saturated carbocycles. The average Bonchev–Trinajstić information content (AvgIpc) is 2.79. The number of hydrogen-bond acceptors (Lipinski definition) is 4. The zero-order chi connectivity index (χ0) is 12.7. The number of carbonyl (C=O) groups excluding carboxylic acids is 1. The van der Waals surface area contributed by atoms with Crippen LogP contribution < -0.4 is 10.6 Å². The van der Waals surface area contributed by atoms with E-state index in [1.807, 2.05) is 11.8 Å². The lowest BCUT2D eigenvalue weighted by molar-refractivity contribution is -0.147. The van der Waals surface area contributed by atoms with Crippen molar-refractivity contribution >= 4 is 23.8 Å². The fourth-order valence-corrected chi connectivity index (χ4v) is 2.79. The van der Waals surface area contributed by atoms with Crippen LogP contribution in [-0.2, 0) is 9.53 Å². The standard InChI is InChI=1S/C10H18N2O4S/c1-16-8(9(13)14)5-12-10(15)11-4-7-2-3-17-6-7/h7-8H,2-6H2,1H3,(H,13,14)(H2,11,12,15). The van der Waals surface area contributed by atoms with Crippen molar-refractivity contribution in [2.75, 3.05) is 31.7 Å². The molecule has 0 aromatic heterocycles. The lowest BCUT2D eigenvalue weighted by Crippen LogP contribution is -2.44. The zero-order valence-corrected chi connectivity index (χ0v) is 10.6. The number of rotatable bonds is 6. The summed E-state index contributed by atoms with van der Waals surface area (Å²) in [4.78, 5) is 22.0. The number of nitrogens with one attached hydrogen (secondary N) is 2. The molecule has 17 heavy (non-hydrogen) atoms. The summed E-state index contributed by atoms with van der Waals surface area (Å²) in [6, 6.07) is -0.342. The summed E-state index contributed by atoms with van der Waals surface area (Å²) in [7, 11) is 1.30. The van der Waals surface area contributed by atoms with Crippen molar-refractivity contribution in [1.82, 2.24) is 10.6 Å². The third-order valence-corrected chi connectivity index (χ3v) is 3.81. The maximum absolute atomic E-state index is 11.4. The van der Waals surface area contributed by atoms with Crippen molar-refractivity contribution in [3.05, 3.63) is 0 Å². The first-order valence-corrected chi connectivity index (χ1v) is 6.64. The van der Waals surface area contributed by atoms with Gasteiger partial charge >= 0.3 is 12.0 Å². The highest BCUT2D eigenvalue weighted by atomic mass is 32.2. The monoisotopic (exact) mass is 262 g/mol. The minimum absolute atomic E-state index is 0.0307. The normalized spacial score (nSPS) is 20.9. The fraction of sp³-hybridized carbons (Fsp3) is 0.800. The number of thioether (sulfide) groups is 1. The molecule has 0 aliphatic carbocycles. The maximum Gasteiger partial charge on any atom is 0.334 e. The largest absolute Gasteiger partial charge is 0.479 e. The second kappa shape index (κ2) is 7.39. The molecule has 6 nitrogen and oxygen atoms in total. The molecule has 1 heterocycles. The highest BCUT2D eigenvalue weighted by molar-refractivity contribution is 7.99. The van der Waals surface area contributed by atoms with E-state index in [2.05, 4.69) is 10.6 Å². The van der Waals surface area contributed by atoms with Crippen molar-refractivity contribution < 1.29 is 19.4 Å². The van der Waals surface area contributed by atoms with Gasteiger partial charge in [-0.15, -0.1) is 0 Å². The molecule has 1 saturated heterocycles. The highest BCUT2D eigenvalue weighted by Crippen LogP contribution is 2.22. The second-order valence-electron chi connectivity index (χ2n) is 3.88. The molecule has 2 unspecified atom stereocenters. The van der Waals surface area contributed by atoms with Crippen LogP contribution in [0.5, 0.6) is 0 Å². The molecule has 98 valence electrons.